The van der Waals surface area contributed by atoms with E-state index < -0.39 is 0 Å². The Kier molecular flexibility index (Phi) is 4.86. The van der Waals surface area contributed by atoms with E-state index in [0.29, 0.717) is 5.92 Å². The number of aryl methyl sites for hydroxylation is 2. The van der Waals surface area contributed by atoms with E-state index in [9.17, 15) is 5.11 Å². The van der Waals surface area contributed by atoms with Gasteiger partial charge in [-0.05, 0) is 58.1 Å². The lowest BCUT2D eigenvalue weighted by atomic mass is 9.85. The van der Waals surface area contributed by atoms with Gasteiger partial charge in [0, 0.05) is 17.8 Å². The van der Waals surface area contributed by atoms with Crippen molar-refractivity contribution in [2.45, 2.75) is 65.5 Å². The van der Waals surface area contributed by atoms with E-state index in [0.717, 1.165) is 31.6 Å². The van der Waals surface area contributed by atoms with Gasteiger partial charge in [-0.25, -0.2) is 0 Å². The van der Waals surface area contributed by atoms with Crippen LogP contribution in [0.1, 0.15) is 49.6 Å². The van der Waals surface area contributed by atoms with Gasteiger partial charge >= 0.3 is 0 Å². The fraction of sp³-hybridized carbons (Fsp3) is 0.812. The summed E-state index contributed by atoms with van der Waals surface area (Å²) in [6.07, 6.45) is 4.62. The summed E-state index contributed by atoms with van der Waals surface area (Å²) >= 11 is 0. The smallest absolute Gasteiger partial charge is 0.0625 e. The highest BCUT2D eigenvalue weighted by Gasteiger charge is 2.41. The number of nitrogens with one attached hydrogen (secondary N) is 1. The molecule has 1 aromatic heterocycles. The molecule has 1 fully saturated rings. The zero-order valence-electron chi connectivity index (χ0n) is 13.4. The average molecular weight is 279 g/mol. The molecule has 0 saturated heterocycles. The molecule has 20 heavy (non-hydrogen) atoms. The van der Waals surface area contributed by atoms with Gasteiger partial charge in [0.15, 0.2) is 0 Å². The summed E-state index contributed by atoms with van der Waals surface area (Å²) in [6.45, 7) is 10.6. The van der Waals surface area contributed by atoms with Crippen LogP contribution in [0.15, 0.2) is 0 Å². The average Bonchev–Trinajstić information content (AvgIpc) is 2.94. The number of likely N-dealkylation sites (N-methyl/N-ethyl adjacent to an activating group) is 1. The number of hydrogen-bond acceptors (Lipinski definition) is 3. The lowest BCUT2D eigenvalue weighted by Gasteiger charge is -2.35. The molecule has 0 aliphatic heterocycles. The molecular formula is C16H29N3O. The SMILES string of the molecule is CCNC1(CO)CCCC1CCn1nc(C)c(C)c1C. The molecule has 0 amide bonds. The molecule has 1 aliphatic carbocycles. The van der Waals surface area contributed by atoms with Crippen molar-refractivity contribution in [1.29, 1.82) is 0 Å². The Hall–Kier alpha value is -0.870. The van der Waals surface area contributed by atoms with E-state index in [1.54, 1.807) is 0 Å². The van der Waals surface area contributed by atoms with E-state index in [2.05, 4.69) is 42.8 Å². The molecule has 2 rings (SSSR count). The fourth-order valence-corrected chi connectivity index (χ4v) is 3.70. The van der Waals surface area contributed by atoms with E-state index in [1.165, 1.54) is 24.1 Å². The van der Waals surface area contributed by atoms with Crippen LogP contribution >= 0.6 is 0 Å². The van der Waals surface area contributed by atoms with Crippen molar-refractivity contribution in [3.63, 3.8) is 0 Å². The number of aliphatic hydroxyl groups excluding tert-OH is 1. The van der Waals surface area contributed by atoms with Crippen molar-refractivity contribution in [3.8, 4) is 0 Å². The molecule has 114 valence electrons. The van der Waals surface area contributed by atoms with Crippen LogP contribution in [0, 0.1) is 26.7 Å². The Bertz CT molecular complexity index is 455. The van der Waals surface area contributed by atoms with Gasteiger partial charge in [-0.2, -0.15) is 5.10 Å². The summed E-state index contributed by atoms with van der Waals surface area (Å²) in [5.74, 6) is 0.552. The Labute approximate surface area is 122 Å². The molecule has 1 heterocycles. The summed E-state index contributed by atoms with van der Waals surface area (Å²) in [4.78, 5) is 0. The minimum Gasteiger partial charge on any atom is -0.394 e. The predicted octanol–water partition coefficient (Wildman–Crippen LogP) is 2.34. The molecule has 2 atom stereocenters. The van der Waals surface area contributed by atoms with E-state index >= 15 is 0 Å². The van der Waals surface area contributed by atoms with Gasteiger partial charge in [0.25, 0.3) is 0 Å². The van der Waals surface area contributed by atoms with Gasteiger partial charge in [-0.15, -0.1) is 0 Å². The molecule has 0 aromatic carbocycles. The van der Waals surface area contributed by atoms with Crippen LogP contribution in [0.25, 0.3) is 0 Å². The van der Waals surface area contributed by atoms with Gasteiger partial charge < -0.3 is 10.4 Å². The molecule has 0 radical (unpaired) electrons. The van der Waals surface area contributed by atoms with Crippen molar-refractivity contribution in [1.82, 2.24) is 15.1 Å². The van der Waals surface area contributed by atoms with Crippen LogP contribution in [0.4, 0.5) is 0 Å². The molecule has 0 spiro atoms. The maximum atomic E-state index is 9.83. The van der Waals surface area contributed by atoms with Gasteiger partial charge in [0.2, 0.25) is 0 Å². The maximum absolute atomic E-state index is 9.83. The first-order valence-corrected chi connectivity index (χ1v) is 7.90. The van der Waals surface area contributed by atoms with Crippen molar-refractivity contribution in [3.05, 3.63) is 17.0 Å². The molecule has 4 nitrogen and oxygen atoms in total. The normalized spacial score (nSPS) is 26.4. The molecule has 2 N–H and O–H groups in total. The van der Waals surface area contributed by atoms with Gasteiger partial charge in [0.1, 0.15) is 0 Å². The third-order valence-electron chi connectivity index (χ3n) is 5.20. The largest absolute Gasteiger partial charge is 0.394 e. The summed E-state index contributed by atoms with van der Waals surface area (Å²) in [6, 6.07) is 0. The molecule has 0 bridgehead atoms. The molecule has 1 saturated carbocycles. The first kappa shape index (κ1) is 15.5. The van der Waals surface area contributed by atoms with E-state index in [4.69, 9.17) is 0 Å². The zero-order valence-corrected chi connectivity index (χ0v) is 13.4. The van der Waals surface area contributed by atoms with Gasteiger partial charge in [-0.3, -0.25) is 4.68 Å². The highest BCUT2D eigenvalue weighted by atomic mass is 16.3. The topological polar surface area (TPSA) is 50.1 Å². The van der Waals surface area contributed by atoms with Crippen LogP contribution in [0.5, 0.6) is 0 Å². The Morgan fingerprint density at radius 3 is 2.70 bits per heavy atom. The summed E-state index contributed by atoms with van der Waals surface area (Å²) in [7, 11) is 0. The third kappa shape index (κ3) is 2.77. The van der Waals surface area contributed by atoms with Crippen molar-refractivity contribution >= 4 is 0 Å². The number of hydrogen-bond donors (Lipinski definition) is 2. The van der Waals surface area contributed by atoms with Crippen LogP contribution in [-0.4, -0.2) is 33.6 Å². The number of aromatic nitrogens is 2. The molecule has 1 aromatic rings. The minimum absolute atomic E-state index is 0.0557. The third-order valence-corrected chi connectivity index (χ3v) is 5.20. The summed E-state index contributed by atoms with van der Waals surface area (Å²) in [5.41, 5.74) is 3.66. The van der Waals surface area contributed by atoms with Crippen LogP contribution in [0.2, 0.25) is 0 Å². The van der Waals surface area contributed by atoms with Crippen LogP contribution in [-0.2, 0) is 6.54 Å². The molecule has 2 unspecified atom stereocenters. The summed E-state index contributed by atoms with van der Waals surface area (Å²) in [5, 5.41) is 18.0. The van der Waals surface area contributed by atoms with Crippen molar-refractivity contribution < 1.29 is 5.11 Å². The second-order valence-corrected chi connectivity index (χ2v) is 6.24. The number of rotatable bonds is 6. The Balaban J connectivity index is 2.04. The summed E-state index contributed by atoms with van der Waals surface area (Å²) < 4.78 is 2.14. The van der Waals surface area contributed by atoms with Gasteiger partial charge in [-0.1, -0.05) is 13.3 Å². The number of aliphatic hydroxyl groups is 1. The number of nitrogens with zero attached hydrogens (tertiary/aromatic N) is 2. The Morgan fingerprint density at radius 2 is 2.15 bits per heavy atom. The first-order valence-electron chi connectivity index (χ1n) is 7.90. The Morgan fingerprint density at radius 1 is 1.40 bits per heavy atom. The monoisotopic (exact) mass is 279 g/mol. The van der Waals surface area contributed by atoms with Crippen LogP contribution in [0.3, 0.4) is 0 Å². The van der Waals surface area contributed by atoms with E-state index in [-0.39, 0.29) is 12.1 Å². The van der Waals surface area contributed by atoms with Crippen molar-refractivity contribution in [2.24, 2.45) is 5.92 Å². The molecule has 1 aliphatic rings. The standard InChI is InChI=1S/C16H29N3O/c1-5-17-16(11-20)9-6-7-15(16)8-10-19-14(4)12(2)13(3)18-19/h15,17,20H,5-11H2,1-4H3. The first-order chi connectivity index (χ1) is 9.54. The lowest BCUT2D eigenvalue weighted by molar-refractivity contribution is 0.118. The molecular weight excluding hydrogens is 250 g/mol. The van der Waals surface area contributed by atoms with Crippen molar-refractivity contribution in [2.75, 3.05) is 13.2 Å². The highest BCUT2D eigenvalue weighted by molar-refractivity contribution is 5.22. The van der Waals surface area contributed by atoms with Crippen LogP contribution < -0.4 is 5.32 Å². The second kappa shape index (κ2) is 6.27. The fourth-order valence-electron chi connectivity index (χ4n) is 3.70. The lowest BCUT2D eigenvalue weighted by Crippen LogP contribution is -2.51. The maximum Gasteiger partial charge on any atom is 0.0625 e. The second-order valence-electron chi connectivity index (χ2n) is 6.24. The highest BCUT2D eigenvalue weighted by Crippen LogP contribution is 2.38. The quantitative estimate of drug-likeness (QED) is 0.840. The predicted molar refractivity (Wildman–Crippen MR) is 81.9 cm³/mol. The molecule has 4 heteroatoms. The van der Waals surface area contributed by atoms with Gasteiger partial charge in [0.05, 0.1) is 12.3 Å². The minimum atomic E-state index is -0.0557. The van der Waals surface area contributed by atoms with E-state index in [1.807, 2.05) is 0 Å². The zero-order chi connectivity index (χ0) is 14.8.